The van der Waals surface area contributed by atoms with E-state index >= 15 is 0 Å². The molecule has 0 aliphatic rings. The van der Waals surface area contributed by atoms with Crippen LogP contribution in [0.3, 0.4) is 0 Å². The summed E-state index contributed by atoms with van der Waals surface area (Å²) in [7, 11) is 0. The number of nitriles is 1. The van der Waals surface area contributed by atoms with Crippen molar-refractivity contribution in [3.63, 3.8) is 0 Å². The summed E-state index contributed by atoms with van der Waals surface area (Å²) in [6.07, 6.45) is 0. The maximum Gasteiger partial charge on any atom is 0.0587 e. The summed E-state index contributed by atoms with van der Waals surface area (Å²) in [6.45, 7) is 4.65. The number of hydrogen-bond donors (Lipinski definition) is 0. The van der Waals surface area contributed by atoms with Crippen LogP contribution in [0.15, 0.2) is 48.5 Å². The van der Waals surface area contributed by atoms with Gasteiger partial charge < -0.3 is 4.57 Å². The van der Waals surface area contributed by atoms with Gasteiger partial charge in [0.05, 0.1) is 6.07 Å². The summed E-state index contributed by atoms with van der Waals surface area (Å²) >= 11 is 0. The van der Waals surface area contributed by atoms with Crippen molar-refractivity contribution in [2.75, 3.05) is 0 Å². The summed E-state index contributed by atoms with van der Waals surface area (Å²) in [5.41, 5.74) is 2.67. The maximum absolute atomic E-state index is 7.32. The fraction of sp³-hybridized carbons (Fsp3) is 0.188. The molecule has 90 valence electrons. The molecule has 0 radical (unpaired) electrons. The minimum Gasteiger partial charge on any atom is -0.341 e. The van der Waals surface area contributed by atoms with Crippen LogP contribution in [-0.4, -0.2) is 4.57 Å². The van der Waals surface area contributed by atoms with E-state index in [-0.39, 0.29) is 0 Å². The molecule has 0 bridgehead atoms. The molecule has 2 nitrogen and oxygen atoms in total. The molecule has 1 heterocycles. The standard InChI is InChI=1S/C14H13N.C2H3N/c1-2-15-13-9-5-3-7-11(13)12-8-4-6-10-14(12)15;1-2-3/h3-10H,2H2,1H3;1H3. The summed E-state index contributed by atoms with van der Waals surface area (Å²) in [4.78, 5) is 0. The Hall–Kier alpha value is -2.27. The number of benzene rings is 2. The van der Waals surface area contributed by atoms with Crippen LogP contribution in [0.5, 0.6) is 0 Å². The molecule has 3 rings (SSSR count). The van der Waals surface area contributed by atoms with E-state index in [2.05, 4.69) is 60.0 Å². The summed E-state index contributed by atoms with van der Waals surface area (Å²) in [6, 6.07) is 19.0. The lowest BCUT2D eigenvalue weighted by atomic mass is 10.2. The molecule has 0 spiro atoms. The molecule has 1 aromatic heterocycles. The Kier molecular flexibility index (Phi) is 3.64. The van der Waals surface area contributed by atoms with E-state index in [9.17, 15) is 0 Å². The summed E-state index contributed by atoms with van der Waals surface area (Å²) in [5.74, 6) is 0. The van der Waals surface area contributed by atoms with Crippen LogP contribution >= 0.6 is 0 Å². The van der Waals surface area contributed by atoms with Gasteiger partial charge in [0.2, 0.25) is 0 Å². The minimum absolute atomic E-state index is 1.02. The van der Waals surface area contributed by atoms with Gasteiger partial charge in [0.25, 0.3) is 0 Å². The third-order valence-electron chi connectivity index (χ3n) is 3.00. The van der Waals surface area contributed by atoms with E-state index < -0.39 is 0 Å². The van der Waals surface area contributed by atoms with Crippen LogP contribution in [0.4, 0.5) is 0 Å². The Balaban J connectivity index is 0.000000367. The number of nitrogens with zero attached hydrogens (tertiary/aromatic N) is 2. The molecular formula is C16H16N2. The first-order chi connectivity index (χ1) is 8.83. The Bertz CT molecular complexity index is 649. The molecule has 3 aromatic rings. The third kappa shape index (κ3) is 1.96. The second-order valence-corrected chi connectivity index (χ2v) is 4.00. The highest BCUT2D eigenvalue weighted by Gasteiger charge is 2.06. The molecule has 0 fully saturated rings. The van der Waals surface area contributed by atoms with E-state index in [0.717, 1.165) is 6.54 Å². The Morgan fingerprint density at radius 1 is 0.944 bits per heavy atom. The molecule has 0 saturated heterocycles. The molecule has 0 amide bonds. The van der Waals surface area contributed by atoms with Gasteiger partial charge in [0.15, 0.2) is 0 Å². The topological polar surface area (TPSA) is 28.7 Å². The van der Waals surface area contributed by atoms with E-state index in [1.165, 1.54) is 28.7 Å². The highest BCUT2D eigenvalue weighted by molar-refractivity contribution is 6.07. The van der Waals surface area contributed by atoms with Gasteiger partial charge in [-0.05, 0) is 19.1 Å². The Labute approximate surface area is 107 Å². The van der Waals surface area contributed by atoms with Gasteiger partial charge in [-0.3, -0.25) is 0 Å². The van der Waals surface area contributed by atoms with Gasteiger partial charge in [-0.1, -0.05) is 36.4 Å². The van der Waals surface area contributed by atoms with Crippen molar-refractivity contribution >= 4 is 21.8 Å². The number of fused-ring (bicyclic) bond motifs is 3. The SMILES string of the molecule is CC#N.CCn1c2ccccc2c2ccccc21. The van der Waals surface area contributed by atoms with E-state index in [4.69, 9.17) is 5.26 Å². The van der Waals surface area contributed by atoms with Crippen molar-refractivity contribution in [2.24, 2.45) is 0 Å². The predicted molar refractivity (Wildman–Crippen MR) is 76.4 cm³/mol. The van der Waals surface area contributed by atoms with Crippen LogP contribution in [0.25, 0.3) is 21.8 Å². The Morgan fingerprint density at radius 2 is 1.33 bits per heavy atom. The highest BCUT2D eigenvalue weighted by atomic mass is 15.0. The fourth-order valence-electron chi connectivity index (χ4n) is 2.34. The number of rotatable bonds is 1. The van der Waals surface area contributed by atoms with Crippen LogP contribution < -0.4 is 0 Å². The smallest absolute Gasteiger partial charge is 0.0587 e. The van der Waals surface area contributed by atoms with Crippen molar-refractivity contribution in [2.45, 2.75) is 20.4 Å². The molecule has 0 unspecified atom stereocenters. The van der Waals surface area contributed by atoms with Gasteiger partial charge in [0, 0.05) is 35.3 Å². The van der Waals surface area contributed by atoms with Crippen LogP contribution in [0.2, 0.25) is 0 Å². The highest BCUT2D eigenvalue weighted by Crippen LogP contribution is 2.28. The largest absolute Gasteiger partial charge is 0.341 e. The molecule has 0 N–H and O–H groups in total. The first-order valence-corrected chi connectivity index (χ1v) is 6.10. The average Bonchev–Trinajstić information content (AvgIpc) is 2.73. The molecule has 0 aliphatic carbocycles. The number of aryl methyl sites for hydroxylation is 1. The van der Waals surface area contributed by atoms with Gasteiger partial charge in [-0.15, -0.1) is 0 Å². The lowest BCUT2D eigenvalue weighted by Gasteiger charge is -2.01. The zero-order valence-corrected chi connectivity index (χ0v) is 10.7. The van der Waals surface area contributed by atoms with Gasteiger partial charge in [-0.2, -0.15) is 5.26 Å². The van der Waals surface area contributed by atoms with Crippen molar-refractivity contribution in [1.82, 2.24) is 4.57 Å². The molecular weight excluding hydrogens is 220 g/mol. The Morgan fingerprint density at radius 3 is 1.72 bits per heavy atom. The van der Waals surface area contributed by atoms with E-state index in [1.807, 2.05) is 0 Å². The number of aromatic nitrogens is 1. The monoisotopic (exact) mass is 236 g/mol. The zero-order chi connectivity index (χ0) is 13.0. The molecule has 2 aromatic carbocycles. The number of hydrogen-bond acceptors (Lipinski definition) is 1. The van der Waals surface area contributed by atoms with E-state index in [1.54, 1.807) is 6.07 Å². The van der Waals surface area contributed by atoms with Crippen LogP contribution in [0, 0.1) is 11.3 Å². The summed E-state index contributed by atoms with van der Waals surface area (Å²) < 4.78 is 2.37. The average molecular weight is 236 g/mol. The van der Waals surface area contributed by atoms with Gasteiger partial charge in [0.1, 0.15) is 0 Å². The molecule has 0 aliphatic heterocycles. The van der Waals surface area contributed by atoms with Crippen molar-refractivity contribution < 1.29 is 0 Å². The lowest BCUT2D eigenvalue weighted by molar-refractivity contribution is 0.827. The van der Waals surface area contributed by atoms with Crippen molar-refractivity contribution in [1.29, 1.82) is 5.26 Å². The fourth-order valence-corrected chi connectivity index (χ4v) is 2.34. The quantitative estimate of drug-likeness (QED) is 0.617. The summed E-state index contributed by atoms with van der Waals surface area (Å²) in [5, 5.41) is 10.0. The van der Waals surface area contributed by atoms with Crippen LogP contribution in [0.1, 0.15) is 13.8 Å². The molecule has 0 atom stereocenters. The van der Waals surface area contributed by atoms with Gasteiger partial charge >= 0.3 is 0 Å². The first kappa shape index (κ1) is 12.2. The molecule has 2 heteroatoms. The van der Waals surface area contributed by atoms with Crippen LogP contribution in [-0.2, 0) is 6.54 Å². The lowest BCUT2D eigenvalue weighted by Crippen LogP contribution is -1.91. The number of para-hydroxylation sites is 2. The zero-order valence-electron chi connectivity index (χ0n) is 10.7. The minimum atomic E-state index is 1.02. The van der Waals surface area contributed by atoms with E-state index in [0.29, 0.717) is 0 Å². The third-order valence-corrected chi connectivity index (χ3v) is 3.00. The maximum atomic E-state index is 7.32. The molecule has 0 saturated carbocycles. The normalized spacial score (nSPS) is 9.83. The van der Waals surface area contributed by atoms with Crippen molar-refractivity contribution in [3.05, 3.63) is 48.5 Å². The van der Waals surface area contributed by atoms with Crippen molar-refractivity contribution in [3.8, 4) is 6.07 Å². The second-order valence-electron chi connectivity index (χ2n) is 4.00. The second kappa shape index (κ2) is 5.37. The predicted octanol–water partition coefficient (Wildman–Crippen LogP) is 4.34. The first-order valence-electron chi connectivity index (χ1n) is 6.10. The van der Waals surface area contributed by atoms with Gasteiger partial charge in [-0.25, -0.2) is 0 Å². The molecule has 18 heavy (non-hydrogen) atoms.